The summed E-state index contributed by atoms with van der Waals surface area (Å²) in [5, 5.41) is 3.32. The fourth-order valence-electron chi connectivity index (χ4n) is 1.24. The van der Waals surface area contributed by atoms with Crippen LogP contribution in [0.25, 0.3) is 0 Å². The van der Waals surface area contributed by atoms with Crippen molar-refractivity contribution < 1.29 is 4.74 Å². The SMILES string of the molecule is COCCNCc1cc(C)ccc1Br. The number of hydrogen-bond acceptors (Lipinski definition) is 2. The molecule has 0 aliphatic carbocycles. The van der Waals surface area contributed by atoms with E-state index in [0.29, 0.717) is 0 Å². The minimum atomic E-state index is 0.753. The molecule has 1 N–H and O–H groups in total. The number of aryl methyl sites for hydroxylation is 1. The van der Waals surface area contributed by atoms with E-state index in [1.54, 1.807) is 7.11 Å². The molecule has 0 bridgehead atoms. The zero-order valence-corrected chi connectivity index (χ0v) is 10.2. The molecular formula is C11H16BrNO. The highest BCUT2D eigenvalue weighted by Crippen LogP contribution is 2.17. The molecule has 0 fully saturated rings. The second kappa shape index (κ2) is 6.17. The Balaban J connectivity index is 2.45. The zero-order valence-electron chi connectivity index (χ0n) is 8.64. The highest BCUT2D eigenvalue weighted by atomic mass is 79.9. The number of ether oxygens (including phenoxy) is 1. The quantitative estimate of drug-likeness (QED) is 0.819. The van der Waals surface area contributed by atoms with Gasteiger partial charge in [0.15, 0.2) is 0 Å². The molecular weight excluding hydrogens is 242 g/mol. The molecule has 0 aliphatic heterocycles. The lowest BCUT2D eigenvalue weighted by Crippen LogP contribution is -2.18. The molecule has 0 amide bonds. The summed E-state index contributed by atoms with van der Waals surface area (Å²) in [4.78, 5) is 0. The molecule has 2 nitrogen and oxygen atoms in total. The Kier molecular flexibility index (Phi) is 5.15. The van der Waals surface area contributed by atoms with Gasteiger partial charge in [-0.15, -0.1) is 0 Å². The van der Waals surface area contributed by atoms with Gasteiger partial charge in [-0.2, -0.15) is 0 Å². The average Bonchev–Trinajstić information content (AvgIpc) is 2.18. The van der Waals surface area contributed by atoms with Gasteiger partial charge >= 0.3 is 0 Å². The maximum atomic E-state index is 4.96. The van der Waals surface area contributed by atoms with E-state index in [9.17, 15) is 0 Å². The molecule has 3 heteroatoms. The Morgan fingerprint density at radius 2 is 2.21 bits per heavy atom. The van der Waals surface area contributed by atoms with Gasteiger partial charge < -0.3 is 10.1 Å². The largest absolute Gasteiger partial charge is 0.383 e. The summed E-state index contributed by atoms with van der Waals surface area (Å²) < 4.78 is 6.12. The smallest absolute Gasteiger partial charge is 0.0587 e. The van der Waals surface area contributed by atoms with E-state index in [0.717, 1.165) is 24.2 Å². The Bertz CT molecular complexity index is 289. The van der Waals surface area contributed by atoms with Crippen LogP contribution >= 0.6 is 15.9 Å². The highest BCUT2D eigenvalue weighted by molar-refractivity contribution is 9.10. The van der Waals surface area contributed by atoms with Crippen molar-refractivity contribution in [3.8, 4) is 0 Å². The van der Waals surface area contributed by atoms with Gasteiger partial charge in [-0.05, 0) is 18.6 Å². The van der Waals surface area contributed by atoms with Gasteiger partial charge in [0, 0.05) is 24.7 Å². The van der Waals surface area contributed by atoms with Gasteiger partial charge in [0.25, 0.3) is 0 Å². The molecule has 1 aromatic rings. The number of methoxy groups -OCH3 is 1. The lowest BCUT2D eigenvalue weighted by molar-refractivity contribution is 0.199. The summed E-state index contributed by atoms with van der Waals surface area (Å²) in [6.07, 6.45) is 0. The molecule has 0 unspecified atom stereocenters. The summed E-state index contributed by atoms with van der Waals surface area (Å²) in [5.74, 6) is 0. The van der Waals surface area contributed by atoms with Crippen LogP contribution in [0, 0.1) is 6.92 Å². The molecule has 0 radical (unpaired) electrons. The van der Waals surface area contributed by atoms with Crippen molar-refractivity contribution in [3.05, 3.63) is 33.8 Å². The molecule has 0 aromatic heterocycles. The fraction of sp³-hybridized carbons (Fsp3) is 0.455. The van der Waals surface area contributed by atoms with Crippen molar-refractivity contribution in [2.24, 2.45) is 0 Å². The third kappa shape index (κ3) is 3.78. The van der Waals surface area contributed by atoms with Gasteiger partial charge in [0.05, 0.1) is 6.61 Å². The van der Waals surface area contributed by atoms with E-state index >= 15 is 0 Å². The van der Waals surface area contributed by atoms with E-state index in [-0.39, 0.29) is 0 Å². The Hall–Kier alpha value is -0.380. The average molecular weight is 258 g/mol. The molecule has 0 atom stereocenters. The van der Waals surface area contributed by atoms with Gasteiger partial charge in [-0.25, -0.2) is 0 Å². The van der Waals surface area contributed by atoms with Crippen LogP contribution in [-0.2, 0) is 11.3 Å². The van der Waals surface area contributed by atoms with Crippen molar-refractivity contribution >= 4 is 15.9 Å². The minimum absolute atomic E-state index is 0.753. The molecule has 0 saturated carbocycles. The van der Waals surface area contributed by atoms with Crippen molar-refractivity contribution in [1.82, 2.24) is 5.32 Å². The summed E-state index contributed by atoms with van der Waals surface area (Å²) >= 11 is 3.53. The molecule has 0 spiro atoms. The lowest BCUT2D eigenvalue weighted by Gasteiger charge is -2.07. The Labute approximate surface area is 93.8 Å². The van der Waals surface area contributed by atoms with Crippen LogP contribution < -0.4 is 5.32 Å². The summed E-state index contributed by atoms with van der Waals surface area (Å²) in [6, 6.07) is 6.37. The van der Waals surface area contributed by atoms with E-state index in [2.05, 4.69) is 46.4 Å². The predicted octanol–water partition coefficient (Wildman–Crippen LogP) is 2.49. The topological polar surface area (TPSA) is 21.3 Å². The summed E-state index contributed by atoms with van der Waals surface area (Å²) in [6.45, 7) is 4.62. The third-order valence-electron chi connectivity index (χ3n) is 2.00. The number of rotatable bonds is 5. The van der Waals surface area contributed by atoms with Crippen LogP contribution in [-0.4, -0.2) is 20.3 Å². The van der Waals surface area contributed by atoms with Gasteiger partial charge in [-0.3, -0.25) is 0 Å². The molecule has 14 heavy (non-hydrogen) atoms. The number of hydrogen-bond donors (Lipinski definition) is 1. The molecule has 0 aliphatic rings. The van der Waals surface area contributed by atoms with Crippen molar-refractivity contribution in [2.75, 3.05) is 20.3 Å². The summed E-state index contributed by atoms with van der Waals surface area (Å²) in [5.41, 5.74) is 2.58. The normalized spacial score (nSPS) is 10.5. The number of benzene rings is 1. The zero-order chi connectivity index (χ0) is 10.4. The van der Waals surface area contributed by atoms with Gasteiger partial charge in [0.1, 0.15) is 0 Å². The molecule has 1 aromatic carbocycles. The monoisotopic (exact) mass is 257 g/mol. The van der Waals surface area contributed by atoms with Crippen LogP contribution in [0.2, 0.25) is 0 Å². The number of halogens is 1. The molecule has 1 rings (SSSR count). The van der Waals surface area contributed by atoms with Crippen LogP contribution in [0.5, 0.6) is 0 Å². The maximum Gasteiger partial charge on any atom is 0.0587 e. The van der Waals surface area contributed by atoms with Gasteiger partial charge in [-0.1, -0.05) is 33.6 Å². The van der Waals surface area contributed by atoms with Crippen LogP contribution in [0.4, 0.5) is 0 Å². The van der Waals surface area contributed by atoms with E-state index in [1.807, 2.05) is 0 Å². The van der Waals surface area contributed by atoms with Crippen LogP contribution in [0.1, 0.15) is 11.1 Å². The second-order valence-corrected chi connectivity index (χ2v) is 4.12. The first kappa shape index (κ1) is 11.7. The predicted molar refractivity (Wildman–Crippen MR) is 62.5 cm³/mol. The van der Waals surface area contributed by atoms with Gasteiger partial charge in [0.2, 0.25) is 0 Å². The standard InChI is InChI=1S/C11H16BrNO/c1-9-3-4-11(12)10(7-9)8-13-5-6-14-2/h3-4,7,13H,5-6,8H2,1-2H3. The Morgan fingerprint density at radius 3 is 2.93 bits per heavy atom. The van der Waals surface area contributed by atoms with Crippen molar-refractivity contribution in [3.63, 3.8) is 0 Å². The van der Waals surface area contributed by atoms with E-state index < -0.39 is 0 Å². The third-order valence-corrected chi connectivity index (χ3v) is 2.77. The van der Waals surface area contributed by atoms with Crippen LogP contribution in [0.15, 0.2) is 22.7 Å². The van der Waals surface area contributed by atoms with E-state index in [4.69, 9.17) is 4.74 Å². The van der Waals surface area contributed by atoms with Crippen LogP contribution in [0.3, 0.4) is 0 Å². The van der Waals surface area contributed by atoms with Crippen molar-refractivity contribution in [1.29, 1.82) is 0 Å². The highest BCUT2D eigenvalue weighted by Gasteiger charge is 1.98. The first-order valence-electron chi connectivity index (χ1n) is 4.68. The maximum absolute atomic E-state index is 4.96. The first-order valence-corrected chi connectivity index (χ1v) is 5.48. The summed E-state index contributed by atoms with van der Waals surface area (Å²) in [7, 11) is 1.71. The molecule has 78 valence electrons. The fourth-order valence-corrected chi connectivity index (χ4v) is 1.62. The first-order chi connectivity index (χ1) is 6.74. The lowest BCUT2D eigenvalue weighted by atomic mass is 10.1. The Morgan fingerprint density at radius 1 is 1.43 bits per heavy atom. The second-order valence-electron chi connectivity index (χ2n) is 3.26. The molecule has 0 heterocycles. The van der Waals surface area contributed by atoms with E-state index in [1.165, 1.54) is 11.1 Å². The minimum Gasteiger partial charge on any atom is -0.383 e. The van der Waals surface area contributed by atoms with Crippen molar-refractivity contribution in [2.45, 2.75) is 13.5 Å². The number of nitrogens with one attached hydrogen (secondary N) is 1. The molecule has 0 saturated heterocycles.